The molecule has 3 atom stereocenters. The SMILES string of the molecule is COc1ccc(N2C(=O)NC(=O)C(Cc3ccc4c(c3)OCO4)(CN3CC4CC(C3)c3cccc(=O)n3C4)C2=O)cc1. The number of amides is 4. The lowest BCUT2D eigenvalue weighted by Gasteiger charge is -2.47. The minimum Gasteiger partial charge on any atom is -0.497 e. The predicted octanol–water partition coefficient (Wildman–Crippen LogP) is 2.52. The summed E-state index contributed by atoms with van der Waals surface area (Å²) in [6.07, 6.45) is 0.988. The fourth-order valence-corrected chi connectivity index (χ4v) is 6.90. The molecule has 11 nitrogen and oxygen atoms in total. The van der Waals surface area contributed by atoms with Crippen molar-refractivity contribution in [2.75, 3.05) is 38.4 Å². The van der Waals surface area contributed by atoms with Crippen molar-refractivity contribution in [3.05, 3.63) is 82.3 Å². The molecule has 216 valence electrons. The molecule has 2 aromatic carbocycles. The van der Waals surface area contributed by atoms with Crippen LogP contribution in [0, 0.1) is 11.3 Å². The highest BCUT2D eigenvalue weighted by Crippen LogP contribution is 2.41. The van der Waals surface area contributed by atoms with Crippen molar-refractivity contribution in [2.24, 2.45) is 11.3 Å². The van der Waals surface area contributed by atoms with Crippen LogP contribution in [-0.4, -0.2) is 60.8 Å². The van der Waals surface area contributed by atoms with Gasteiger partial charge in [0.2, 0.25) is 12.7 Å². The number of imide groups is 2. The van der Waals surface area contributed by atoms with E-state index >= 15 is 0 Å². The first-order chi connectivity index (χ1) is 20.3. The van der Waals surface area contributed by atoms with Crippen molar-refractivity contribution in [2.45, 2.75) is 25.3 Å². The smallest absolute Gasteiger partial charge is 0.335 e. The Labute approximate surface area is 241 Å². The van der Waals surface area contributed by atoms with Crippen LogP contribution in [0.5, 0.6) is 17.2 Å². The second-order valence-electron chi connectivity index (χ2n) is 11.4. The van der Waals surface area contributed by atoms with Gasteiger partial charge in [0.05, 0.1) is 12.8 Å². The Morgan fingerprint density at radius 3 is 2.57 bits per heavy atom. The van der Waals surface area contributed by atoms with Crippen molar-refractivity contribution >= 4 is 23.5 Å². The number of piperidine rings is 1. The summed E-state index contributed by atoms with van der Waals surface area (Å²) in [7, 11) is 1.53. The number of fused-ring (bicyclic) bond motifs is 5. The Morgan fingerprint density at radius 1 is 0.952 bits per heavy atom. The lowest BCUT2D eigenvalue weighted by molar-refractivity contribution is -0.144. The zero-order valence-electron chi connectivity index (χ0n) is 23.1. The van der Waals surface area contributed by atoms with Crippen LogP contribution in [-0.2, 0) is 22.6 Å². The molecular formula is C31H30N4O7. The van der Waals surface area contributed by atoms with Crippen LogP contribution in [0.25, 0.3) is 0 Å². The van der Waals surface area contributed by atoms with Gasteiger partial charge in [-0.3, -0.25) is 19.7 Å². The number of methoxy groups -OCH3 is 1. The average Bonchev–Trinajstić information content (AvgIpc) is 3.45. The molecule has 11 heteroatoms. The molecule has 2 saturated heterocycles. The van der Waals surface area contributed by atoms with E-state index in [-0.39, 0.29) is 37.2 Å². The quantitative estimate of drug-likeness (QED) is 0.449. The number of carbonyl (C=O) groups is 3. The molecule has 0 saturated carbocycles. The van der Waals surface area contributed by atoms with Gasteiger partial charge in [-0.1, -0.05) is 12.1 Å². The van der Waals surface area contributed by atoms with Crippen molar-refractivity contribution in [1.29, 1.82) is 0 Å². The molecule has 0 aliphatic carbocycles. The maximum atomic E-state index is 14.5. The van der Waals surface area contributed by atoms with Crippen molar-refractivity contribution < 1.29 is 28.6 Å². The van der Waals surface area contributed by atoms with Gasteiger partial charge in [-0.2, -0.15) is 0 Å². The predicted molar refractivity (Wildman–Crippen MR) is 151 cm³/mol. The topological polar surface area (TPSA) is 119 Å². The van der Waals surface area contributed by atoms with Crippen LogP contribution in [0.4, 0.5) is 10.5 Å². The molecule has 1 aromatic heterocycles. The van der Waals surface area contributed by atoms with Crippen molar-refractivity contribution in [3.63, 3.8) is 0 Å². The molecule has 42 heavy (non-hydrogen) atoms. The maximum Gasteiger partial charge on any atom is 0.335 e. The van der Waals surface area contributed by atoms with Gasteiger partial charge in [0.25, 0.3) is 11.5 Å². The van der Waals surface area contributed by atoms with E-state index in [9.17, 15) is 19.2 Å². The van der Waals surface area contributed by atoms with E-state index in [1.165, 1.54) is 7.11 Å². The Hall–Kier alpha value is -4.64. The molecule has 0 radical (unpaired) electrons. The molecule has 7 rings (SSSR count). The molecule has 2 bridgehead atoms. The molecule has 3 aromatic rings. The summed E-state index contributed by atoms with van der Waals surface area (Å²) in [5.41, 5.74) is 0.405. The van der Waals surface area contributed by atoms with E-state index in [0.29, 0.717) is 48.1 Å². The second-order valence-corrected chi connectivity index (χ2v) is 11.4. The standard InChI is InChI=1S/C31H30N4O7/c1-40-23-8-6-22(7-9-23)35-29(38)31(28(37)32-30(35)39,13-19-5-10-25-26(12-19)42-18-41-25)17-33-14-20-11-21(16-33)24-3-2-4-27(36)34(24)15-20/h2-10,12,20-21H,11,13-18H2,1H3,(H,32,37,39). The molecular weight excluding hydrogens is 540 g/mol. The summed E-state index contributed by atoms with van der Waals surface area (Å²) < 4.78 is 18.1. The van der Waals surface area contributed by atoms with Gasteiger partial charge >= 0.3 is 6.03 Å². The minimum absolute atomic E-state index is 0.00888. The number of hydrogen-bond acceptors (Lipinski definition) is 8. The summed E-state index contributed by atoms with van der Waals surface area (Å²) in [6, 6.07) is 16.5. The highest BCUT2D eigenvalue weighted by molar-refractivity contribution is 6.30. The fourth-order valence-electron chi connectivity index (χ4n) is 6.90. The van der Waals surface area contributed by atoms with Crippen molar-refractivity contribution in [3.8, 4) is 17.2 Å². The highest BCUT2D eigenvalue weighted by Gasteiger charge is 2.56. The Kier molecular flexibility index (Phi) is 6.27. The fraction of sp³-hybridized carbons (Fsp3) is 0.355. The molecule has 2 fully saturated rings. The number of benzene rings is 2. The Morgan fingerprint density at radius 2 is 1.76 bits per heavy atom. The molecule has 4 aliphatic rings. The number of ether oxygens (including phenoxy) is 3. The number of likely N-dealkylation sites (tertiary alicyclic amines) is 1. The number of nitrogens with zero attached hydrogens (tertiary/aromatic N) is 3. The largest absolute Gasteiger partial charge is 0.497 e. The number of nitrogens with one attached hydrogen (secondary N) is 1. The number of aromatic nitrogens is 1. The van der Waals surface area contributed by atoms with E-state index in [2.05, 4.69) is 10.2 Å². The first-order valence-corrected chi connectivity index (χ1v) is 14.0. The number of barbiturate groups is 1. The molecule has 0 spiro atoms. The molecule has 4 aliphatic heterocycles. The third-order valence-electron chi connectivity index (χ3n) is 8.79. The summed E-state index contributed by atoms with van der Waals surface area (Å²) in [5.74, 6) is 0.781. The van der Waals surface area contributed by atoms with E-state index < -0.39 is 23.3 Å². The van der Waals surface area contributed by atoms with Gasteiger partial charge < -0.3 is 23.7 Å². The average molecular weight is 571 g/mol. The number of pyridine rings is 1. The number of rotatable bonds is 6. The third kappa shape index (κ3) is 4.32. The van der Waals surface area contributed by atoms with Gasteiger partial charge in [0.15, 0.2) is 11.5 Å². The monoisotopic (exact) mass is 570 g/mol. The molecule has 5 heterocycles. The normalized spacial score (nSPS) is 24.8. The molecule has 4 amide bonds. The molecule has 3 unspecified atom stereocenters. The minimum atomic E-state index is -1.61. The number of anilines is 1. The first-order valence-electron chi connectivity index (χ1n) is 14.0. The lowest BCUT2D eigenvalue weighted by Crippen LogP contribution is -2.68. The van der Waals surface area contributed by atoms with Crippen LogP contribution in [0.15, 0.2) is 65.5 Å². The second kappa shape index (κ2) is 10.0. The van der Waals surface area contributed by atoms with Gasteiger partial charge in [-0.25, -0.2) is 9.69 Å². The zero-order valence-corrected chi connectivity index (χ0v) is 23.1. The van der Waals surface area contributed by atoms with E-state index in [0.717, 1.165) is 17.0 Å². The number of carbonyl (C=O) groups excluding carboxylic acids is 3. The molecule has 1 N–H and O–H groups in total. The van der Waals surface area contributed by atoms with E-state index in [1.807, 2.05) is 16.7 Å². The summed E-state index contributed by atoms with van der Waals surface area (Å²) in [4.78, 5) is 57.3. The summed E-state index contributed by atoms with van der Waals surface area (Å²) in [6.45, 7) is 2.01. The Balaban J connectivity index is 1.26. The highest BCUT2D eigenvalue weighted by atomic mass is 16.7. The third-order valence-corrected chi connectivity index (χ3v) is 8.79. The van der Waals surface area contributed by atoms with E-state index in [1.54, 1.807) is 48.5 Å². The van der Waals surface area contributed by atoms with Crippen LogP contribution < -0.4 is 30.0 Å². The number of urea groups is 1. The number of hydrogen-bond donors (Lipinski definition) is 1. The summed E-state index contributed by atoms with van der Waals surface area (Å²) >= 11 is 0. The van der Waals surface area contributed by atoms with Gasteiger partial charge in [-0.05, 0) is 66.8 Å². The van der Waals surface area contributed by atoms with E-state index in [4.69, 9.17) is 14.2 Å². The maximum absolute atomic E-state index is 14.5. The van der Waals surface area contributed by atoms with Gasteiger partial charge in [-0.15, -0.1) is 0 Å². The lowest BCUT2D eigenvalue weighted by atomic mass is 9.75. The summed E-state index contributed by atoms with van der Waals surface area (Å²) in [5, 5.41) is 2.48. The van der Waals surface area contributed by atoms with Crippen molar-refractivity contribution in [1.82, 2.24) is 14.8 Å². The van der Waals surface area contributed by atoms with Gasteiger partial charge in [0.1, 0.15) is 11.2 Å². The first kappa shape index (κ1) is 26.3. The van der Waals surface area contributed by atoms with Crippen LogP contribution in [0.3, 0.4) is 0 Å². The van der Waals surface area contributed by atoms with Gasteiger partial charge in [0, 0.05) is 43.9 Å². The Bertz CT molecular complexity index is 1650. The van der Waals surface area contributed by atoms with Crippen LogP contribution >= 0.6 is 0 Å². The van der Waals surface area contributed by atoms with Crippen LogP contribution in [0.1, 0.15) is 23.6 Å². The van der Waals surface area contributed by atoms with Crippen LogP contribution in [0.2, 0.25) is 0 Å². The zero-order chi connectivity index (χ0) is 29.0.